The van der Waals surface area contributed by atoms with E-state index in [2.05, 4.69) is 41.5 Å². The van der Waals surface area contributed by atoms with Crippen molar-refractivity contribution in [2.75, 3.05) is 39.6 Å². The minimum atomic E-state index is -4.95. The van der Waals surface area contributed by atoms with Gasteiger partial charge in [0.2, 0.25) is 0 Å². The molecule has 19 heteroatoms. The first-order chi connectivity index (χ1) is 43.4. The van der Waals surface area contributed by atoms with Crippen molar-refractivity contribution in [3.05, 3.63) is 0 Å². The molecular weight excluding hydrogens is 1190 g/mol. The average molecular weight is 1330 g/mol. The van der Waals surface area contributed by atoms with Crippen LogP contribution in [-0.4, -0.2) is 96.7 Å². The van der Waals surface area contributed by atoms with Crippen molar-refractivity contribution >= 4 is 39.5 Å². The summed E-state index contributed by atoms with van der Waals surface area (Å²) in [6, 6.07) is 0. The zero-order valence-electron chi connectivity index (χ0n) is 58.4. The summed E-state index contributed by atoms with van der Waals surface area (Å²) >= 11 is 0. The molecule has 0 radical (unpaired) electrons. The molecule has 0 rings (SSSR count). The second-order valence-electron chi connectivity index (χ2n) is 26.3. The van der Waals surface area contributed by atoms with Crippen LogP contribution in [0.25, 0.3) is 0 Å². The Morgan fingerprint density at radius 2 is 0.567 bits per heavy atom. The van der Waals surface area contributed by atoms with E-state index in [1.165, 1.54) is 173 Å². The molecule has 90 heavy (non-hydrogen) atoms. The second kappa shape index (κ2) is 63.1. The molecule has 0 bridgehead atoms. The highest BCUT2D eigenvalue weighted by atomic mass is 31.2. The number of ether oxygens (including phenoxy) is 4. The SMILES string of the molecule is CCCCCCCCCCCCCC(=O)O[C@H](COC(=O)CCCCCCC)COP(=O)(O)OC[C@H](O)COP(=O)(O)OC[C@@H](COC(=O)CCCCCCCCCCCC(C)C)OC(=O)CCCCCCCCCCCCCCCCCCCCC(C)CC. The molecule has 534 valence electrons. The third-order valence-electron chi connectivity index (χ3n) is 16.8. The first-order valence-electron chi connectivity index (χ1n) is 37.0. The molecule has 17 nitrogen and oxygen atoms in total. The molecule has 0 aliphatic carbocycles. The molecule has 0 fully saturated rings. The normalized spacial score (nSPS) is 14.4. The molecule has 0 aliphatic heterocycles. The van der Waals surface area contributed by atoms with Crippen LogP contribution >= 0.6 is 15.6 Å². The molecular formula is C71H138O17P2. The van der Waals surface area contributed by atoms with Crippen LogP contribution in [0.5, 0.6) is 0 Å². The van der Waals surface area contributed by atoms with E-state index >= 15 is 0 Å². The largest absolute Gasteiger partial charge is 0.472 e. The first-order valence-corrected chi connectivity index (χ1v) is 40.0. The summed E-state index contributed by atoms with van der Waals surface area (Å²) in [6.07, 6.45) is 49.0. The summed E-state index contributed by atoms with van der Waals surface area (Å²) in [5.74, 6) is -0.520. The topological polar surface area (TPSA) is 237 Å². The maximum atomic E-state index is 13.0. The molecule has 0 saturated heterocycles. The van der Waals surface area contributed by atoms with Crippen molar-refractivity contribution in [2.45, 2.75) is 381 Å². The van der Waals surface area contributed by atoms with Gasteiger partial charge in [-0.15, -0.1) is 0 Å². The van der Waals surface area contributed by atoms with Crippen molar-refractivity contribution in [2.24, 2.45) is 11.8 Å². The van der Waals surface area contributed by atoms with Gasteiger partial charge >= 0.3 is 39.5 Å². The van der Waals surface area contributed by atoms with Crippen LogP contribution in [0.1, 0.15) is 363 Å². The van der Waals surface area contributed by atoms with E-state index in [9.17, 15) is 43.2 Å². The third kappa shape index (κ3) is 63.5. The lowest BCUT2D eigenvalue weighted by Gasteiger charge is -2.21. The molecule has 3 unspecified atom stereocenters. The molecule has 0 aromatic carbocycles. The van der Waals surface area contributed by atoms with E-state index in [0.29, 0.717) is 25.7 Å². The Morgan fingerprint density at radius 1 is 0.322 bits per heavy atom. The summed E-state index contributed by atoms with van der Waals surface area (Å²) in [5, 5.41) is 10.6. The van der Waals surface area contributed by atoms with E-state index < -0.39 is 97.5 Å². The highest BCUT2D eigenvalue weighted by Crippen LogP contribution is 2.45. The Labute approximate surface area is 549 Å². The fraction of sp³-hybridized carbons (Fsp3) is 0.944. The van der Waals surface area contributed by atoms with E-state index in [4.69, 9.17) is 37.0 Å². The van der Waals surface area contributed by atoms with Gasteiger partial charge in [-0.3, -0.25) is 37.3 Å². The zero-order valence-corrected chi connectivity index (χ0v) is 60.2. The molecule has 0 spiro atoms. The molecule has 0 amide bonds. The minimum absolute atomic E-state index is 0.106. The number of phosphoric acid groups is 2. The van der Waals surface area contributed by atoms with Crippen LogP contribution in [0, 0.1) is 11.8 Å². The Hall–Kier alpha value is -1.94. The Balaban J connectivity index is 5.09. The number of phosphoric ester groups is 2. The predicted octanol–water partition coefficient (Wildman–Crippen LogP) is 20.4. The highest BCUT2D eigenvalue weighted by molar-refractivity contribution is 7.47. The standard InChI is InChI=1S/C71H138O17P2/c1-7-10-12-14-15-16-25-31-37-43-49-55-70(75)87-66(59-81-68(73)53-47-39-13-11-8-2)61-85-89(77,78)83-57-65(72)58-84-90(79,80)86-62-67(60-82-69(74)54-48-42-36-33-28-29-34-40-45-51-63(4)5)88-71(76)56-50-44-38-32-27-24-22-20-18-17-19-21-23-26-30-35-41-46-52-64(6)9-3/h63-67,72H,7-62H2,1-6H3,(H,77,78)(H,79,80)/t64?,65-,66+,67+/m0/s1. The van der Waals surface area contributed by atoms with E-state index in [-0.39, 0.29) is 25.7 Å². The quantitative estimate of drug-likeness (QED) is 0.0222. The monoisotopic (exact) mass is 1320 g/mol. The van der Waals surface area contributed by atoms with Crippen LogP contribution in [0.2, 0.25) is 0 Å². The Kier molecular flexibility index (Phi) is 61.8. The summed E-state index contributed by atoms with van der Waals surface area (Å²) < 4.78 is 68.0. The lowest BCUT2D eigenvalue weighted by Crippen LogP contribution is -2.30. The average Bonchev–Trinajstić information content (AvgIpc) is 3.43. The van der Waals surface area contributed by atoms with Crippen LogP contribution in [-0.2, 0) is 65.4 Å². The molecule has 0 aromatic heterocycles. The highest BCUT2D eigenvalue weighted by Gasteiger charge is 2.30. The number of aliphatic hydroxyl groups is 1. The molecule has 6 atom stereocenters. The first kappa shape index (κ1) is 88.1. The minimum Gasteiger partial charge on any atom is -0.462 e. The number of carbonyl (C=O) groups is 4. The number of unbranched alkanes of at least 4 members (excludes halogenated alkanes) is 39. The van der Waals surface area contributed by atoms with Gasteiger partial charge in [0.1, 0.15) is 19.3 Å². The van der Waals surface area contributed by atoms with Crippen molar-refractivity contribution in [1.82, 2.24) is 0 Å². The van der Waals surface area contributed by atoms with Crippen LogP contribution < -0.4 is 0 Å². The van der Waals surface area contributed by atoms with E-state index in [0.717, 1.165) is 108 Å². The smallest absolute Gasteiger partial charge is 0.462 e. The zero-order chi connectivity index (χ0) is 66.5. The van der Waals surface area contributed by atoms with E-state index in [1.54, 1.807) is 0 Å². The predicted molar refractivity (Wildman–Crippen MR) is 363 cm³/mol. The third-order valence-corrected chi connectivity index (χ3v) is 18.7. The van der Waals surface area contributed by atoms with Crippen molar-refractivity contribution in [3.8, 4) is 0 Å². The van der Waals surface area contributed by atoms with Gasteiger partial charge in [-0.2, -0.15) is 0 Å². The summed E-state index contributed by atoms with van der Waals surface area (Å²) in [7, 11) is -9.89. The van der Waals surface area contributed by atoms with Crippen molar-refractivity contribution < 1.29 is 80.2 Å². The molecule has 0 aliphatic rings. The van der Waals surface area contributed by atoms with Crippen LogP contribution in [0.15, 0.2) is 0 Å². The maximum Gasteiger partial charge on any atom is 0.472 e. The van der Waals surface area contributed by atoms with Crippen LogP contribution in [0.3, 0.4) is 0 Å². The maximum absolute atomic E-state index is 13.0. The fourth-order valence-electron chi connectivity index (χ4n) is 10.7. The molecule has 0 aromatic rings. The second-order valence-corrected chi connectivity index (χ2v) is 29.3. The van der Waals surface area contributed by atoms with Gasteiger partial charge in [0.15, 0.2) is 12.2 Å². The van der Waals surface area contributed by atoms with Gasteiger partial charge in [0.05, 0.1) is 26.4 Å². The fourth-order valence-corrected chi connectivity index (χ4v) is 12.3. The van der Waals surface area contributed by atoms with Gasteiger partial charge in [0, 0.05) is 25.7 Å². The van der Waals surface area contributed by atoms with E-state index in [1.807, 2.05) is 0 Å². The van der Waals surface area contributed by atoms with Gasteiger partial charge in [-0.1, -0.05) is 311 Å². The lowest BCUT2D eigenvalue weighted by molar-refractivity contribution is -0.161. The van der Waals surface area contributed by atoms with Gasteiger partial charge in [0.25, 0.3) is 0 Å². The number of hydrogen-bond donors (Lipinski definition) is 3. The van der Waals surface area contributed by atoms with Gasteiger partial charge in [-0.05, 0) is 37.5 Å². The molecule has 3 N–H and O–H groups in total. The number of esters is 4. The summed E-state index contributed by atoms with van der Waals surface area (Å²) in [4.78, 5) is 72.2. The number of rotatable bonds is 70. The Bertz CT molecular complexity index is 1750. The van der Waals surface area contributed by atoms with Gasteiger partial charge < -0.3 is 33.8 Å². The molecule has 0 heterocycles. The van der Waals surface area contributed by atoms with Gasteiger partial charge in [-0.25, -0.2) is 9.13 Å². The Morgan fingerprint density at radius 3 is 0.844 bits per heavy atom. The summed E-state index contributed by atoms with van der Waals surface area (Å²) in [6.45, 7) is 9.51. The lowest BCUT2D eigenvalue weighted by atomic mass is 9.99. The van der Waals surface area contributed by atoms with Crippen LogP contribution in [0.4, 0.5) is 0 Å². The summed E-state index contributed by atoms with van der Waals surface area (Å²) in [5.41, 5.74) is 0. The number of aliphatic hydroxyl groups excluding tert-OH is 1. The number of carbonyl (C=O) groups excluding carboxylic acids is 4. The van der Waals surface area contributed by atoms with Crippen molar-refractivity contribution in [1.29, 1.82) is 0 Å². The number of hydrogen-bond acceptors (Lipinski definition) is 15. The van der Waals surface area contributed by atoms with Crippen molar-refractivity contribution in [3.63, 3.8) is 0 Å². The molecule has 0 saturated carbocycles.